The molecule has 0 atom stereocenters. The fraction of sp³-hybridized carbons (Fsp3) is 0.727. The molecule has 1 saturated heterocycles. The third-order valence-corrected chi connectivity index (χ3v) is 3.09. The molecule has 0 aliphatic carbocycles. The first-order chi connectivity index (χ1) is 9.21. The highest BCUT2D eigenvalue weighted by Gasteiger charge is 2.33. The van der Waals surface area contributed by atoms with Gasteiger partial charge in [0, 0.05) is 13.2 Å². The van der Waals surface area contributed by atoms with E-state index in [1.54, 1.807) is 0 Å². The number of hydrogen-bond acceptors (Lipinski definition) is 8. The number of methoxy groups -OCH3 is 2. The van der Waals surface area contributed by atoms with Crippen molar-refractivity contribution in [3.8, 4) is 12.0 Å². The van der Waals surface area contributed by atoms with Crippen molar-refractivity contribution >= 4 is 5.95 Å². The SMILES string of the molecule is COc1nc(NC2(CO)CCOCC2)nc(OC)n1. The number of nitrogens with zero attached hydrogens (tertiary/aromatic N) is 3. The summed E-state index contributed by atoms with van der Waals surface area (Å²) in [6.07, 6.45) is 1.36. The van der Waals surface area contributed by atoms with Gasteiger partial charge in [0.2, 0.25) is 5.95 Å². The quantitative estimate of drug-likeness (QED) is 0.761. The van der Waals surface area contributed by atoms with Crippen LogP contribution >= 0.6 is 0 Å². The van der Waals surface area contributed by atoms with Crippen LogP contribution in [0.2, 0.25) is 0 Å². The molecule has 1 aliphatic heterocycles. The molecule has 1 fully saturated rings. The Bertz CT molecular complexity index is 401. The van der Waals surface area contributed by atoms with Crippen molar-refractivity contribution in [2.75, 3.05) is 39.4 Å². The van der Waals surface area contributed by atoms with Crippen LogP contribution in [0.25, 0.3) is 0 Å². The molecule has 1 aromatic rings. The molecular weight excluding hydrogens is 252 g/mol. The number of aliphatic hydroxyl groups excluding tert-OH is 1. The smallest absolute Gasteiger partial charge is 0.324 e. The molecule has 1 aromatic heterocycles. The monoisotopic (exact) mass is 270 g/mol. The Labute approximate surface area is 111 Å². The molecular formula is C11H18N4O4. The summed E-state index contributed by atoms with van der Waals surface area (Å²) in [5, 5.41) is 12.7. The number of anilines is 1. The van der Waals surface area contributed by atoms with Crippen molar-refractivity contribution in [2.45, 2.75) is 18.4 Å². The summed E-state index contributed by atoms with van der Waals surface area (Å²) in [6.45, 7) is 1.16. The lowest BCUT2D eigenvalue weighted by atomic mass is 9.91. The van der Waals surface area contributed by atoms with Crippen LogP contribution in [0.3, 0.4) is 0 Å². The maximum Gasteiger partial charge on any atom is 0.324 e. The number of aliphatic hydroxyl groups is 1. The molecule has 8 heteroatoms. The van der Waals surface area contributed by atoms with Gasteiger partial charge in [0.25, 0.3) is 0 Å². The molecule has 2 rings (SSSR count). The Morgan fingerprint density at radius 2 is 1.74 bits per heavy atom. The molecule has 0 aromatic carbocycles. The first kappa shape index (κ1) is 13.8. The van der Waals surface area contributed by atoms with Crippen LogP contribution in [-0.4, -0.2) is 59.6 Å². The maximum atomic E-state index is 9.60. The third kappa shape index (κ3) is 3.21. The zero-order valence-corrected chi connectivity index (χ0v) is 11.0. The van der Waals surface area contributed by atoms with Gasteiger partial charge in [0.05, 0.1) is 26.4 Å². The van der Waals surface area contributed by atoms with Crippen molar-refractivity contribution in [3.05, 3.63) is 0 Å². The van der Waals surface area contributed by atoms with Crippen LogP contribution in [0, 0.1) is 0 Å². The Morgan fingerprint density at radius 3 is 2.21 bits per heavy atom. The van der Waals surface area contributed by atoms with Gasteiger partial charge in [-0.3, -0.25) is 0 Å². The fourth-order valence-electron chi connectivity index (χ4n) is 1.90. The number of nitrogens with one attached hydrogen (secondary N) is 1. The van der Waals surface area contributed by atoms with Gasteiger partial charge in [-0.15, -0.1) is 4.98 Å². The third-order valence-electron chi connectivity index (χ3n) is 3.09. The normalized spacial score (nSPS) is 17.8. The largest absolute Gasteiger partial charge is 0.467 e. The van der Waals surface area contributed by atoms with E-state index in [-0.39, 0.29) is 18.6 Å². The number of ether oxygens (including phenoxy) is 3. The summed E-state index contributed by atoms with van der Waals surface area (Å²) in [5.41, 5.74) is -0.477. The van der Waals surface area contributed by atoms with Gasteiger partial charge in [0.1, 0.15) is 0 Å². The zero-order valence-electron chi connectivity index (χ0n) is 11.0. The second kappa shape index (κ2) is 5.98. The summed E-state index contributed by atoms with van der Waals surface area (Å²) in [7, 11) is 2.93. The minimum absolute atomic E-state index is 0.0212. The second-order valence-corrected chi connectivity index (χ2v) is 4.31. The minimum Gasteiger partial charge on any atom is -0.467 e. The number of aromatic nitrogens is 3. The van der Waals surface area contributed by atoms with Crippen molar-refractivity contribution in [1.29, 1.82) is 0 Å². The van der Waals surface area contributed by atoms with Crippen LogP contribution in [0.5, 0.6) is 12.0 Å². The van der Waals surface area contributed by atoms with E-state index in [1.807, 2.05) is 0 Å². The first-order valence-corrected chi connectivity index (χ1v) is 6.02. The van der Waals surface area contributed by atoms with Crippen LogP contribution in [-0.2, 0) is 4.74 Å². The predicted octanol–water partition coefficient (Wildman–Crippen LogP) is -0.158. The van der Waals surface area contributed by atoms with Crippen molar-refractivity contribution < 1.29 is 19.3 Å². The van der Waals surface area contributed by atoms with Crippen LogP contribution < -0.4 is 14.8 Å². The summed E-state index contributed by atoms with van der Waals surface area (Å²) in [6, 6.07) is 0.323. The molecule has 1 aliphatic rings. The van der Waals surface area contributed by atoms with Gasteiger partial charge in [-0.05, 0) is 12.8 Å². The molecule has 0 amide bonds. The highest BCUT2D eigenvalue weighted by molar-refractivity contribution is 5.32. The van der Waals surface area contributed by atoms with E-state index in [2.05, 4.69) is 20.3 Å². The number of rotatable bonds is 5. The Hall–Kier alpha value is -1.67. The topological polar surface area (TPSA) is 98.6 Å². The van der Waals surface area contributed by atoms with E-state index >= 15 is 0 Å². The Balaban J connectivity index is 2.20. The minimum atomic E-state index is -0.477. The van der Waals surface area contributed by atoms with E-state index in [4.69, 9.17) is 14.2 Å². The van der Waals surface area contributed by atoms with Crippen molar-refractivity contribution in [3.63, 3.8) is 0 Å². The van der Waals surface area contributed by atoms with Crippen molar-refractivity contribution in [2.24, 2.45) is 0 Å². The summed E-state index contributed by atoms with van der Waals surface area (Å²) >= 11 is 0. The van der Waals surface area contributed by atoms with E-state index < -0.39 is 5.54 Å². The molecule has 2 heterocycles. The highest BCUT2D eigenvalue weighted by atomic mass is 16.5. The molecule has 0 bridgehead atoms. The van der Waals surface area contributed by atoms with Gasteiger partial charge in [0.15, 0.2) is 0 Å². The van der Waals surface area contributed by atoms with Crippen LogP contribution in [0.1, 0.15) is 12.8 Å². The lowest BCUT2D eigenvalue weighted by Crippen LogP contribution is -2.47. The lowest BCUT2D eigenvalue weighted by molar-refractivity contribution is 0.0376. The van der Waals surface area contributed by atoms with E-state index in [1.165, 1.54) is 14.2 Å². The van der Waals surface area contributed by atoms with Gasteiger partial charge in [-0.1, -0.05) is 0 Å². The van der Waals surface area contributed by atoms with Crippen LogP contribution in [0.15, 0.2) is 0 Å². The second-order valence-electron chi connectivity index (χ2n) is 4.31. The van der Waals surface area contributed by atoms with Gasteiger partial charge in [-0.2, -0.15) is 9.97 Å². The molecule has 19 heavy (non-hydrogen) atoms. The predicted molar refractivity (Wildman–Crippen MR) is 66.4 cm³/mol. The Morgan fingerprint density at radius 1 is 1.16 bits per heavy atom. The molecule has 2 N–H and O–H groups in total. The summed E-state index contributed by atoms with van der Waals surface area (Å²) in [4.78, 5) is 12.1. The zero-order chi connectivity index (χ0) is 13.7. The lowest BCUT2D eigenvalue weighted by Gasteiger charge is -2.36. The molecule has 0 unspecified atom stereocenters. The van der Waals surface area contributed by atoms with E-state index in [9.17, 15) is 5.11 Å². The maximum absolute atomic E-state index is 9.60. The first-order valence-electron chi connectivity index (χ1n) is 6.02. The molecule has 106 valence electrons. The highest BCUT2D eigenvalue weighted by Crippen LogP contribution is 2.25. The molecule has 0 radical (unpaired) electrons. The molecule has 0 spiro atoms. The summed E-state index contributed by atoms with van der Waals surface area (Å²) in [5.74, 6) is 0.319. The fourth-order valence-corrected chi connectivity index (χ4v) is 1.90. The molecule has 0 saturated carbocycles. The standard InChI is InChI=1S/C11H18N4O4/c1-17-9-12-8(13-10(14-9)18-2)15-11(7-16)3-5-19-6-4-11/h16H,3-7H2,1-2H3,(H,12,13,14,15). The van der Waals surface area contributed by atoms with Gasteiger partial charge >= 0.3 is 12.0 Å². The Kier molecular flexibility index (Phi) is 4.33. The summed E-state index contributed by atoms with van der Waals surface area (Å²) < 4.78 is 15.3. The molecule has 8 nitrogen and oxygen atoms in total. The number of hydrogen-bond donors (Lipinski definition) is 2. The van der Waals surface area contributed by atoms with Crippen LogP contribution in [0.4, 0.5) is 5.95 Å². The van der Waals surface area contributed by atoms with E-state index in [0.717, 1.165) is 0 Å². The van der Waals surface area contributed by atoms with Gasteiger partial charge in [-0.25, -0.2) is 0 Å². The average Bonchev–Trinajstić information content (AvgIpc) is 2.47. The average molecular weight is 270 g/mol. The van der Waals surface area contributed by atoms with Crippen molar-refractivity contribution in [1.82, 2.24) is 15.0 Å². The van der Waals surface area contributed by atoms with E-state index in [0.29, 0.717) is 32.0 Å². The van der Waals surface area contributed by atoms with Gasteiger partial charge < -0.3 is 24.6 Å².